The Bertz CT molecular complexity index is 1330. The average Bonchev–Trinajstić information content (AvgIpc) is 3.45. The minimum atomic E-state index is -0.465. The van der Waals surface area contributed by atoms with Crippen LogP contribution in [0, 0.1) is 11.7 Å². The van der Waals surface area contributed by atoms with E-state index in [1.54, 1.807) is 29.3 Å². The second-order valence-corrected chi connectivity index (χ2v) is 11.1. The van der Waals surface area contributed by atoms with Crippen LogP contribution in [0.4, 0.5) is 9.18 Å². The van der Waals surface area contributed by atoms with Crippen molar-refractivity contribution in [2.75, 3.05) is 26.5 Å². The Balaban J connectivity index is 0.000000201. The van der Waals surface area contributed by atoms with Crippen LogP contribution >= 0.6 is 0 Å². The molecular formula is C32H38FN3O6. The Hall–Kier alpha value is -4.34. The van der Waals surface area contributed by atoms with E-state index < -0.39 is 5.60 Å². The Kier molecular flexibility index (Phi) is 10.6. The molecule has 1 unspecified atom stereocenters. The van der Waals surface area contributed by atoms with Crippen molar-refractivity contribution >= 4 is 12.0 Å². The average molecular weight is 580 g/mol. The van der Waals surface area contributed by atoms with E-state index in [2.05, 4.69) is 10.3 Å². The summed E-state index contributed by atoms with van der Waals surface area (Å²) in [7, 11) is 0. The summed E-state index contributed by atoms with van der Waals surface area (Å²) in [6.45, 7) is 8.24. The molecule has 224 valence electrons. The predicted octanol–water partition coefficient (Wildman–Crippen LogP) is 5.52. The lowest BCUT2D eigenvalue weighted by atomic mass is 9.99. The molecule has 1 atom stereocenters. The maximum Gasteiger partial charge on any atom is 0.410 e. The number of aromatic nitrogens is 1. The van der Waals surface area contributed by atoms with E-state index >= 15 is 0 Å². The third-order valence-electron chi connectivity index (χ3n) is 6.50. The van der Waals surface area contributed by atoms with Gasteiger partial charge < -0.3 is 29.2 Å². The van der Waals surface area contributed by atoms with Crippen LogP contribution < -0.4 is 19.5 Å². The maximum absolute atomic E-state index is 13.3. The molecule has 1 saturated heterocycles. The van der Waals surface area contributed by atoms with Gasteiger partial charge in [-0.15, -0.1) is 0 Å². The number of piperidine rings is 1. The molecule has 2 amide bonds. The molecule has 0 bridgehead atoms. The number of carbonyl (C=O) groups is 2. The second kappa shape index (κ2) is 14.5. The van der Waals surface area contributed by atoms with Gasteiger partial charge in [0.15, 0.2) is 11.5 Å². The molecule has 0 aliphatic carbocycles. The van der Waals surface area contributed by atoms with Gasteiger partial charge in [0.1, 0.15) is 17.2 Å². The summed E-state index contributed by atoms with van der Waals surface area (Å²) in [5.41, 5.74) is 0.711. The Morgan fingerprint density at radius 1 is 1.07 bits per heavy atom. The molecule has 1 N–H and O–H groups in total. The number of likely N-dealkylation sites (tertiary alicyclic amines) is 1. The first-order valence-electron chi connectivity index (χ1n) is 14.1. The number of halogens is 1. The highest BCUT2D eigenvalue weighted by atomic mass is 19.1. The van der Waals surface area contributed by atoms with Crippen LogP contribution in [0.2, 0.25) is 0 Å². The van der Waals surface area contributed by atoms with Crippen molar-refractivity contribution in [3.8, 4) is 17.2 Å². The summed E-state index contributed by atoms with van der Waals surface area (Å²) in [5.74, 6) is 1.95. The Labute approximate surface area is 245 Å². The lowest BCUT2D eigenvalue weighted by molar-refractivity contribution is -0.120. The predicted molar refractivity (Wildman–Crippen MR) is 155 cm³/mol. The summed E-state index contributed by atoms with van der Waals surface area (Å²) >= 11 is 0. The molecule has 2 aliphatic rings. The monoisotopic (exact) mass is 579 g/mol. The van der Waals surface area contributed by atoms with Gasteiger partial charge >= 0.3 is 6.09 Å². The van der Waals surface area contributed by atoms with Crippen LogP contribution in [-0.2, 0) is 22.5 Å². The van der Waals surface area contributed by atoms with Crippen LogP contribution in [0.15, 0.2) is 66.9 Å². The van der Waals surface area contributed by atoms with Crippen LogP contribution in [0.25, 0.3) is 0 Å². The normalized spacial score (nSPS) is 15.7. The molecule has 0 radical (unpaired) electrons. The minimum Gasteiger partial charge on any atom is -0.493 e. The van der Waals surface area contributed by atoms with Crippen molar-refractivity contribution in [2.24, 2.45) is 5.92 Å². The fraction of sp³-hybridized carbons (Fsp3) is 0.406. The lowest BCUT2D eigenvalue weighted by Crippen LogP contribution is -2.44. The molecule has 3 heterocycles. The molecule has 2 aromatic carbocycles. The van der Waals surface area contributed by atoms with Crippen LogP contribution in [0.5, 0.6) is 17.2 Å². The largest absolute Gasteiger partial charge is 0.493 e. The van der Waals surface area contributed by atoms with E-state index in [9.17, 15) is 14.0 Å². The highest BCUT2D eigenvalue weighted by Gasteiger charge is 2.28. The fourth-order valence-electron chi connectivity index (χ4n) is 4.44. The molecule has 10 heteroatoms. The van der Waals surface area contributed by atoms with E-state index in [0.717, 1.165) is 36.6 Å². The van der Waals surface area contributed by atoms with Gasteiger partial charge in [-0.3, -0.25) is 9.78 Å². The maximum atomic E-state index is 13.3. The number of nitrogens with zero attached hydrogens (tertiary/aromatic N) is 2. The molecular weight excluding hydrogens is 541 g/mol. The molecule has 5 rings (SSSR count). The molecule has 1 aromatic heterocycles. The third-order valence-corrected chi connectivity index (χ3v) is 6.50. The van der Waals surface area contributed by atoms with Crippen LogP contribution in [0.1, 0.15) is 44.9 Å². The van der Waals surface area contributed by atoms with E-state index in [1.807, 2.05) is 57.2 Å². The highest BCUT2D eigenvalue weighted by Crippen LogP contribution is 2.35. The van der Waals surface area contributed by atoms with Gasteiger partial charge in [0, 0.05) is 31.3 Å². The first-order chi connectivity index (χ1) is 20.2. The second-order valence-electron chi connectivity index (χ2n) is 11.1. The number of benzene rings is 2. The SMILES string of the molecule is CC(C)(C)OC(=O)N1CCCC(COc2ccc3c(c2)OCO3)C1.O=C(Cc1ccccc1F)NCc1ccccn1. The van der Waals surface area contributed by atoms with Crippen molar-refractivity contribution in [3.05, 3.63) is 83.9 Å². The van der Waals surface area contributed by atoms with Crippen molar-refractivity contribution in [1.29, 1.82) is 0 Å². The number of nitrogens with one attached hydrogen (secondary N) is 1. The van der Waals surface area contributed by atoms with E-state index in [-0.39, 0.29) is 31.0 Å². The van der Waals surface area contributed by atoms with Gasteiger partial charge in [0.2, 0.25) is 12.7 Å². The number of fused-ring (bicyclic) bond motifs is 1. The van der Waals surface area contributed by atoms with Crippen molar-refractivity contribution in [2.45, 2.75) is 52.2 Å². The smallest absolute Gasteiger partial charge is 0.410 e. The molecule has 0 spiro atoms. The minimum absolute atomic E-state index is 0.0412. The molecule has 2 aliphatic heterocycles. The first kappa shape index (κ1) is 30.6. The lowest BCUT2D eigenvalue weighted by Gasteiger charge is -2.34. The Morgan fingerprint density at radius 3 is 2.62 bits per heavy atom. The quantitative estimate of drug-likeness (QED) is 0.394. The summed E-state index contributed by atoms with van der Waals surface area (Å²) < 4.78 is 35.3. The van der Waals surface area contributed by atoms with Gasteiger partial charge in [-0.1, -0.05) is 24.3 Å². The van der Waals surface area contributed by atoms with Crippen molar-refractivity contribution < 1.29 is 32.9 Å². The van der Waals surface area contributed by atoms with E-state index in [0.29, 0.717) is 36.9 Å². The van der Waals surface area contributed by atoms with Gasteiger partial charge in [-0.25, -0.2) is 9.18 Å². The molecule has 1 fully saturated rings. The molecule has 0 saturated carbocycles. The number of rotatable bonds is 7. The third kappa shape index (κ3) is 9.64. The molecule has 9 nitrogen and oxygen atoms in total. The van der Waals surface area contributed by atoms with E-state index in [4.69, 9.17) is 18.9 Å². The fourth-order valence-corrected chi connectivity index (χ4v) is 4.44. The van der Waals surface area contributed by atoms with Gasteiger partial charge in [-0.2, -0.15) is 0 Å². The summed E-state index contributed by atoms with van der Waals surface area (Å²) in [6, 6.07) is 17.3. The number of hydrogen-bond donors (Lipinski definition) is 1. The van der Waals surface area contributed by atoms with Crippen LogP contribution in [-0.4, -0.2) is 54.0 Å². The summed E-state index contributed by atoms with van der Waals surface area (Å²) in [6.07, 6.45) is 3.48. The summed E-state index contributed by atoms with van der Waals surface area (Å²) in [5, 5.41) is 2.71. The topological polar surface area (TPSA) is 99.2 Å². The number of pyridine rings is 1. The van der Waals surface area contributed by atoms with Crippen molar-refractivity contribution in [3.63, 3.8) is 0 Å². The molecule has 42 heavy (non-hydrogen) atoms. The first-order valence-corrected chi connectivity index (χ1v) is 14.1. The van der Waals surface area contributed by atoms with Crippen LogP contribution in [0.3, 0.4) is 0 Å². The zero-order valence-corrected chi connectivity index (χ0v) is 24.3. The number of hydrogen-bond acceptors (Lipinski definition) is 7. The summed E-state index contributed by atoms with van der Waals surface area (Å²) in [4.78, 5) is 29.7. The van der Waals surface area contributed by atoms with E-state index in [1.165, 1.54) is 6.07 Å². The number of ether oxygens (including phenoxy) is 4. The van der Waals surface area contributed by atoms with Gasteiger partial charge in [0.25, 0.3) is 0 Å². The van der Waals surface area contributed by atoms with Crippen molar-refractivity contribution in [1.82, 2.24) is 15.2 Å². The Morgan fingerprint density at radius 2 is 1.86 bits per heavy atom. The standard InChI is InChI=1S/C18H25NO5.C14H13FN2O/c1-18(2,3)24-17(20)19-8-4-5-13(10-19)11-21-14-6-7-15-16(9-14)23-12-22-15;15-13-7-2-1-5-11(13)9-14(18)17-10-12-6-3-4-8-16-12/h6-7,9,13H,4-5,8,10-12H2,1-3H3;1-8H,9-10H2,(H,17,18). The number of carbonyl (C=O) groups excluding carboxylic acids is 2. The van der Waals surface area contributed by atoms with Gasteiger partial charge in [0.05, 0.1) is 25.3 Å². The highest BCUT2D eigenvalue weighted by molar-refractivity contribution is 5.78. The number of amides is 2. The zero-order chi connectivity index (χ0) is 30.0. The molecule has 3 aromatic rings. The van der Waals surface area contributed by atoms with Gasteiger partial charge in [-0.05, 0) is 69.5 Å². The zero-order valence-electron chi connectivity index (χ0n) is 24.3.